The third-order valence-electron chi connectivity index (χ3n) is 2.85. The predicted molar refractivity (Wildman–Crippen MR) is 79.9 cm³/mol. The Labute approximate surface area is 119 Å². The molecule has 4 heteroatoms. The Bertz CT molecular complexity index is 379. The number of benzene rings is 1. The highest BCUT2D eigenvalue weighted by molar-refractivity contribution is 7.95. The lowest BCUT2D eigenvalue weighted by Gasteiger charge is -2.06. The van der Waals surface area contributed by atoms with E-state index >= 15 is 0 Å². The molecule has 1 rings (SSSR count). The first-order valence-electron chi connectivity index (χ1n) is 6.87. The normalized spacial score (nSPS) is 10.4. The molecule has 3 nitrogen and oxygen atoms in total. The minimum Gasteiger partial charge on any atom is -0.478 e. The number of aromatic carboxylic acids is 1. The Kier molecular flexibility index (Phi) is 8.14. The number of hydrogen-bond donors (Lipinski definition) is 1. The first kappa shape index (κ1) is 15.9. The zero-order chi connectivity index (χ0) is 13.9. The summed E-state index contributed by atoms with van der Waals surface area (Å²) >= 11 is 1.34. The van der Waals surface area contributed by atoms with Crippen LogP contribution in [0, 0.1) is 0 Å². The first-order valence-corrected chi connectivity index (χ1v) is 7.78. The number of rotatable bonds is 10. The molecule has 0 spiro atoms. The molecule has 0 unspecified atom stereocenters. The number of unbranched alkanes of at least 4 members (excludes halogenated alkanes) is 5. The van der Waals surface area contributed by atoms with E-state index < -0.39 is 5.97 Å². The zero-order valence-electron chi connectivity index (χ0n) is 11.4. The summed E-state index contributed by atoms with van der Waals surface area (Å²) in [5.41, 5.74) is 0.220. The smallest absolute Gasteiger partial charge is 0.339 e. The Morgan fingerprint density at radius 1 is 1.16 bits per heavy atom. The number of carboxylic acids is 1. The Morgan fingerprint density at radius 2 is 1.84 bits per heavy atom. The van der Waals surface area contributed by atoms with Crippen molar-refractivity contribution < 1.29 is 14.1 Å². The summed E-state index contributed by atoms with van der Waals surface area (Å²) in [7, 11) is 0. The van der Waals surface area contributed by atoms with Crippen molar-refractivity contribution >= 4 is 18.0 Å². The van der Waals surface area contributed by atoms with Crippen molar-refractivity contribution in [2.45, 2.75) is 45.4 Å². The maximum absolute atomic E-state index is 11.0. The minimum atomic E-state index is -0.948. The molecule has 0 aliphatic carbocycles. The van der Waals surface area contributed by atoms with Gasteiger partial charge in [-0.3, -0.25) is 0 Å². The molecule has 19 heavy (non-hydrogen) atoms. The van der Waals surface area contributed by atoms with Gasteiger partial charge in [-0.25, -0.2) is 4.79 Å². The van der Waals surface area contributed by atoms with E-state index in [1.165, 1.54) is 44.1 Å². The van der Waals surface area contributed by atoms with Gasteiger partial charge in [-0.1, -0.05) is 51.2 Å². The Hall–Kier alpha value is -1.16. The molecular formula is C15H22O3S. The van der Waals surface area contributed by atoms with Crippen molar-refractivity contribution in [2.24, 2.45) is 0 Å². The summed E-state index contributed by atoms with van der Waals surface area (Å²) in [6.07, 6.45) is 7.50. The zero-order valence-corrected chi connectivity index (χ0v) is 12.2. The second-order valence-electron chi connectivity index (χ2n) is 4.47. The molecule has 0 saturated heterocycles. The van der Waals surface area contributed by atoms with Gasteiger partial charge in [0.25, 0.3) is 0 Å². The van der Waals surface area contributed by atoms with Gasteiger partial charge in [0.05, 0.1) is 12.0 Å². The van der Waals surface area contributed by atoms with Gasteiger partial charge in [-0.2, -0.15) is 0 Å². The van der Waals surface area contributed by atoms with Gasteiger partial charge in [0.2, 0.25) is 0 Å². The second-order valence-corrected chi connectivity index (χ2v) is 5.29. The summed E-state index contributed by atoms with van der Waals surface area (Å²) in [6.45, 7) is 2.21. The van der Waals surface area contributed by atoms with E-state index in [1.807, 2.05) is 0 Å². The van der Waals surface area contributed by atoms with Crippen molar-refractivity contribution in [3.8, 4) is 5.75 Å². The van der Waals surface area contributed by atoms with Crippen LogP contribution in [0.1, 0.15) is 55.8 Å². The van der Waals surface area contributed by atoms with Gasteiger partial charge in [-0.05, 0) is 18.6 Å². The Morgan fingerprint density at radius 3 is 2.58 bits per heavy atom. The van der Waals surface area contributed by atoms with Crippen LogP contribution in [0.2, 0.25) is 0 Å². The standard InChI is InChI=1S/C15H22O3S/c1-2-3-4-5-6-9-12-19-18-14-11-8-7-10-13(14)15(16)17/h7-8,10-11H,2-6,9,12H2,1H3,(H,16,17). The second kappa shape index (κ2) is 9.73. The monoisotopic (exact) mass is 282 g/mol. The minimum absolute atomic E-state index is 0.220. The first-order chi connectivity index (χ1) is 9.25. The molecule has 0 aromatic heterocycles. The number of carbonyl (C=O) groups is 1. The van der Waals surface area contributed by atoms with Gasteiger partial charge in [0.15, 0.2) is 5.75 Å². The fourth-order valence-electron chi connectivity index (χ4n) is 1.76. The highest BCUT2D eigenvalue weighted by atomic mass is 32.2. The van der Waals surface area contributed by atoms with Gasteiger partial charge in [0, 0.05) is 5.75 Å². The maximum atomic E-state index is 11.0. The van der Waals surface area contributed by atoms with Crippen LogP contribution in [0.5, 0.6) is 5.75 Å². The van der Waals surface area contributed by atoms with Crippen molar-refractivity contribution in [1.29, 1.82) is 0 Å². The molecule has 0 amide bonds. The van der Waals surface area contributed by atoms with E-state index in [9.17, 15) is 4.79 Å². The molecule has 106 valence electrons. The van der Waals surface area contributed by atoms with E-state index in [1.54, 1.807) is 24.3 Å². The van der Waals surface area contributed by atoms with Gasteiger partial charge in [0.1, 0.15) is 5.56 Å². The molecule has 1 N–H and O–H groups in total. The Balaban J connectivity index is 2.17. The molecular weight excluding hydrogens is 260 g/mol. The molecule has 0 saturated carbocycles. The van der Waals surface area contributed by atoms with Crippen LogP contribution < -0.4 is 4.18 Å². The molecule has 0 fully saturated rings. The van der Waals surface area contributed by atoms with Crippen LogP contribution in [0.3, 0.4) is 0 Å². The van der Waals surface area contributed by atoms with Crippen LogP contribution in [0.25, 0.3) is 0 Å². The molecule has 0 aliphatic heterocycles. The number of carboxylic acid groups (broad SMARTS) is 1. The fourth-order valence-corrected chi connectivity index (χ4v) is 2.44. The van der Waals surface area contributed by atoms with E-state index in [0.29, 0.717) is 5.75 Å². The third-order valence-corrected chi connectivity index (χ3v) is 3.60. The quantitative estimate of drug-likeness (QED) is 0.496. The van der Waals surface area contributed by atoms with E-state index in [2.05, 4.69) is 6.92 Å². The summed E-state index contributed by atoms with van der Waals surface area (Å²) in [5.74, 6) is 0.391. The lowest BCUT2D eigenvalue weighted by atomic mass is 10.1. The lowest BCUT2D eigenvalue weighted by molar-refractivity contribution is 0.0695. The van der Waals surface area contributed by atoms with Crippen molar-refractivity contribution in [2.75, 3.05) is 5.75 Å². The summed E-state index contributed by atoms with van der Waals surface area (Å²) in [6, 6.07) is 6.74. The topological polar surface area (TPSA) is 46.5 Å². The van der Waals surface area contributed by atoms with Crippen LogP contribution >= 0.6 is 12.0 Å². The highest BCUT2D eigenvalue weighted by Gasteiger charge is 2.10. The van der Waals surface area contributed by atoms with Gasteiger partial charge in [-0.15, -0.1) is 0 Å². The van der Waals surface area contributed by atoms with Crippen LogP contribution in [0.15, 0.2) is 24.3 Å². The van der Waals surface area contributed by atoms with Crippen molar-refractivity contribution in [1.82, 2.24) is 0 Å². The average molecular weight is 282 g/mol. The summed E-state index contributed by atoms with van der Waals surface area (Å²) < 4.78 is 5.46. The number of para-hydroxylation sites is 1. The molecule has 0 atom stereocenters. The van der Waals surface area contributed by atoms with Crippen LogP contribution in [-0.4, -0.2) is 16.8 Å². The molecule has 1 aromatic carbocycles. The largest absolute Gasteiger partial charge is 0.478 e. The lowest BCUT2D eigenvalue weighted by Crippen LogP contribution is -1.99. The van der Waals surface area contributed by atoms with E-state index in [-0.39, 0.29) is 5.56 Å². The van der Waals surface area contributed by atoms with Gasteiger partial charge < -0.3 is 9.29 Å². The van der Waals surface area contributed by atoms with E-state index in [4.69, 9.17) is 9.29 Å². The fraction of sp³-hybridized carbons (Fsp3) is 0.533. The van der Waals surface area contributed by atoms with Crippen LogP contribution in [0.4, 0.5) is 0 Å². The maximum Gasteiger partial charge on any atom is 0.339 e. The van der Waals surface area contributed by atoms with Gasteiger partial charge >= 0.3 is 5.97 Å². The molecule has 0 bridgehead atoms. The average Bonchev–Trinajstić information content (AvgIpc) is 2.42. The molecule has 0 heterocycles. The molecule has 0 aliphatic rings. The molecule has 0 radical (unpaired) electrons. The van der Waals surface area contributed by atoms with Crippen molar-refractivity contribution in [3.63, 3.8) is 0 Å². The predicted octanol–water partition coefficient (Wildman–Crippen LogP) is 4.77. The van der Waals surface area contributed by atoms with Crippen LogP contribution in [-0.2, 0) is 0 Å². The number of hydrogen-bond acceptors (Lipinski definition) is 3. The SMILES string of the molecule is CCCCCCCCSOc1ccccc1C(=O)O. The molecule has 1 aromatic rings. The van der Waals surface area contributed by atoms with Crippen molar-refractivity contribution in [3.05, 3.63) is 29.8 Å². The highest BCUT2D eigenvalue weighted by Crippen LogP contribution is 2.22. The summed E-state index contributed by atoms with van der Waals surface area (Å²) in [5, 5.41) is 9.00. The van der Waals surface area contributed by atoms with E-state index in [0.717, 1.165) is 12.2 Å². The third kappa shape index (κ3) is 6.53. The summed E-state index contributed by atoms with van der Waals surface area (Å²) in [4.78, 5) is 11.0.